The Morgan fingerprint density at radius 2 is 1.88 bits per heavy atom. The van der Waals surface area contributed by atoms with E-state index in [-0.39, 0.29) is 0 Å². The molecule has 0 unspecified atom stereocenters. The molecule has 6 nitrogen and oxygen atoms in total. The van der Waals surface area contributed by atoms with Crippen LogP contribution in [-0.4, -0.2) is 24.7 Å². The Balaban J connectivity index is 1.61. The summed E-state index contributed by atoms with van der Waals surface area (Å²) in [5, 5.41) is 10.5. The molecule has 0 radical (unpaired) electrons. The van der Waals surface area contributed by atoms with Crippen molar-refractivity contribution in [2.75, 3.05) is 5.32 Å². The van der Waals surface area contributed by atoms with Gasteiger partial charge in [0, 0.05) is 30.4 Å². The summed E-state index contributed by atoms with van der Waals surface area (Å²) in [6, 6.07) is 12.0. The van der Waals surface area contributed by atoms with E-state index >= 15 is 0 Å². The minimum atomic E-state index is 0.530. The molecule has 4 rings (SSSR count). The first kappa shape index (κ1) is 15.5. The van der Waals surface area contributed by atoms with Gasteiger partial charge in [0.15, 0.2) is 0 Å². The Bertz CT molecular complexity index is 1010. The number of benzene rings is 1. The van der Waals surface area contributed by atoms with Gasteiger partial charge in [-0.2, -0.15) is 5.10 Å². The van der Waals surface area contributed by atoms with Gasteiger partial charge in [-0.1, -0.05) is 30.3 Å². The summed E-state index contributed by atoms with van der Waals surface area (Å²) in [7, 11) is 1.88. The first-order valence-corrected chi connectivity index (χ1v) is 8.68. The monoisotopic (exact) mass is 348 g/mol. The number of thiazole rings is 1. The minimum absolute atomic E-state index is 0.530. The van der Waals surface area contributed by atoms with Crippen LogP contribution in [0.4, 0.5) is 11.6 Å². The molecule has 7 heteroatoms. The summed E-state index contributed by atoms with van der Waals surface area (Å²) in [4.78, 5) is 13.6. The molecule has 0 aliphatic carbocycles. The molecule has 0 fully saturated rings. The average Bonchev–Trinajstić information content (AvgIpc) is 3.23. The topological polar surface area (TPSA) is 68.5 Å². The minimum Gasteiger partial charge on any atom is -0.321 e. The predicted octanol–water partition coefficient (Wildman–Crippen LogP) is 4.05. The number of hydrogen-bond donors (Lipinski definition) is 1. The molecule has 3 heterocycles. The molecule has 0 amide bonds. The zero-order valence-corrected chi connectivity index (χ0v) is 14.7. The second-order valence-corrected chi connectivity index (χ2v) is 6.45. The lowest BCUT2D eigenvalue weighted by atomic mass is 10.2. The highest BCUT2D eigenvalue weighted by molar-refractivity contribution is 7.13. The van der Waals surface area contributed by atoms with Crippen LogP contribution in [0.25, 0.3) is 22.0 Å². The summed E-state index contributed by atoms with van der Waals surface area (Å²) in [6.45, 7) is 1.94. The molecule has 3 aromatic heterocycles. The maximum Gasteiger partial charge on any atom is 0.227 e. The van der Waals surface area contributed by atoms with Crippen molar-refractivity contribution in [3.63, 3.8) is 0 Å². The van der Waals surface area contributed by atoms with Gasteiger partial charge >= 0.3 is 0 Å². The Kier molecular flexibility index (Phi) is 3.99. The van der Waals surface area contributed by atoms with Gasteiger partial charge in [0.2, 0.25) is 5.95 Å². The highest BCUT2D eigenvalue weighted by atomic mass is 32.1. The van der Waals surface area contributed by atoms with Crippen molar-refractivity contribution in [2.45, 2.75) is 6.92 Å². The van der Waals surface area contributed by atoms with Crippen molar-refractivity contribution in [1.29, 1.82) is 0 Å². The van der Waals surface area contributed by atoms with Gasteiger partial charge in [0.1, 0.15) is 10.7 Å². The fourth-order valence-corrected chi connectivity index (χ4v) is 3.33. The van der Waals surface area contributed by atoms with Gasteiger partial charge in [-0.15, -0.1) is 11.3 Å². The van der Waals surface area contributed by atoms with Crippen molar-refractivity contribution in [2.24, 2.45) is 7.05 Å². The van der Waals surface area contributed by atoms with Crippen LogP contribution in [0.5, 0.6) is 0 Å². The molecule has 1 aromatic carbocycles. The summed E-state index contributed by atoms with van der Waals surface area (Å²) < 4.78 is 1.76. The van der Waals surface area contributed by atoms with Gasteiger partial charge in [-0.3, -0.25) is 4.68 Å². The second kappa shape index (κ2) is 6.45. The van der Waals surface area contributed by atoms with E-state index in [1.54, 1.807) is 22.2 Å². The standard InChI is InChI=1S/C18H16N6S/c1-12-15(10-24(2)23-12)22-18-19-9-8-14(21-18)16-11-25-17(20-16)13-6-4-3-5-7-13/h3-11H,1-2H3,(H,19,21,22). The molecular formula is C18H16N6S. The van der Waals surface area contributed by atoms with Gasteiger partial charge in [-0.25, -0.2) is 15.0 Å². The number of nitrogens with zero attached hydrogens (tertiary/aromatic N) is 5. The molecule has 0 spiro atoms. The lowest BCUT2D eigenvalue weighted by molar-refractivity contribution is 0.756. The number of aromatic nitrogens is 5. The van der Waals surface area contributed by atoms with Crippen molar-refractivity contribution in [1.82, 2.24) is 24.7 Å². The SMILES string of the molecule is Cc1nn(C)cc1Nc1nccc(-c2csc(-c3ccccc3)n2)n1. The van der Waals surface area contributed by atoms with E-state index in [1.165, 1.54) is 0 Å². The van der Waals surface area contributed by atoms with Crippen LogP contribution >= 0.6 is 11.3 Å². The maximum absolute atomic E-state index is 4.70. The average molecular weight is 348 g/mol. The van der Waals surface area contributed by atoms with Crippen molar-refractivity contribution < 1.29 is 0 Å². The van der Waals surface area contributed by atoms with Crippen LogP contribution in [0.15, 0.2) is 54.2 Å². The zero-order chi connectivity index (χ0) is 17.2. The first-order chi connectivity index (χ1) is 12.2. The Morgan fingerprint density at radius 3 is 2.64 bits per heavy atom. The highest BCUT2D eigenvalue weighted by Crippen LogP contribution is 2.28. The predicted molar refractivity (Wildman–Crippen MR) is 99.8 cm³/mol. The largest absolute Gasteiger partial charge is 0.321 e. The van der Waals surface area contributed by atoms with E-state index in [0.29, 0.717) is 5.95 Å². The van der Waals surface area contributed by atoms with Crippen molar-refractivity contribution in [3.05, 3.63) is 59.9 Å². The van der Waals surface area contributed by atoms with Crippen LogP contribution in [0.3, 0.4) is 0 Å². The molecule has 0 bridgehead atoms. The van der Waals surface area contributed by atoms with Crippen LogP contribution < -0.4 is 5.32 Å². The molecule has 1 N–H and O–H groups in total. The van der Waals surface area contributed by atoms with Gasteiger partial charge in [-0.05, 0) is 13.0 Å². The lowest BCUT2D eigenvalue weighted by Gasteiger charge is -2.04. The summed E-state index contributed by atoms with van der Waals surface area (Å²) in [5.74, 6) is 0.530. The van der Waals surface area contributed by atoms with Gasteiger partial charge in [0.25, 0.3) is 0 Å². The fraction of sp³-hybridized carbons (Fsp3) is 0.111. The summed E-state index contributed by atoms with van der Waals surface area (Å²) in [5.41, 5.74) is 4.53. The fourth-order valence-electron chi connectivity index (χ4n) is 2.51. The van der Waals surface area contributed by atoms with E-state index in [4.69, 9.17) is 4.98 Å². The van der Waals surface area contributed by atoms with Crippen LogP contribution in [0.2, 0.25) is 0 Å². The molecule has 0 saturated carbocycles. The third-order valence-corrected chi connectivity index (χ3v) is 4.59. The normalized spacial score (nSPS) is 10.8. The first-order valence-electron chi connectivity index (χ1n) is 7.81. The van der Waals surface area contributed by atoms with E-state index in [2.05, 4.69) is 32.5 Å². The van der Waals surface area contributed by atoms with E-state index in [9.17, 15) is 0 Å². The van der Waals surface area contributed by atoms with E-state index < -0.39 is 0 Å². The van der Waals surface area contributed by atoms with Crippen LogP contribution in [0.1, 0.15) is 5.69 Å². The zero-order valence-electron chi connectivity index (χ0n) is 13.8. The highest BCUT2D eigenvalue weighted by Gasteiger charge is 2.10. The smallest absolute Gasteiger partial charge is 0.227 e. The number of aryl methyl sites for hydroxylation is 2. The van der Waals surface area contributed by atoms with Crippen LogP contribution in [0, 0.1) is 6.92 Å². The molecule has 0 atom stereocenters. The molecule has 124 valence electrons. The molecular weight excluding hydrogens is 332 g/mol. The number of nitrogens with one attached hydrogen (secondary N) is 1. The number of hydrogen-bond acceptors (Lipinski definition) is 6. The maximum atomic E-state index is 4.70. The van der Waals surface area contributed by atoms with E-state index in [1.807, 2.05) is 49.8 Å². The summed E-state index contributed by atoms with van der Waals surface area (Å²) in [6.07, 6.45) is 3.64. The van der Waals surface area contributed by atoms with Crippen LogP contribution in [-0.2, 0) is 7.05 Å². The Labute approximate surface area is 149 Å². The number of anilines is 2. The van der Waals surface area contributed by atoms with Crippen molar-refractivity contribution in [3.8, 4) is 22.0 Å². The second-order valence-electron chi connectivity index (χ2n) is 5.60. The van der Waals surface area contributed by atoms with Crippen molar-refractivity contribution >= 4 is 23.0 Å². The lowest BCUT2D eigenvalue weighted by Crippen LogP contribution is -1.98. The number of rotatable bonds is 4. The Morgan fingerprint density at radius 1 is 1.04 bits per heavy atom. The molecule has 25 heavy (non-hydrogen) atoms. The molecule has 0 aliphatic heterocycles. The van der Waals surface area contributed by atoms with E-state index in [0.717, 1.165) is 33.3 Å². The third kappa shape index (κ3) is 3.27. The molecule has 0 saturated heterocycles. The van der Waals surface area contributed by atoms with Gasteiger partial charge in [0.05, 0.1) is 17.1 Å². The quantitative estimate of drug-likeness (QED) is 0.602. The van der Waals surface area contributed by atoms with Gasteiger partial charge < -0.3 is 5.32 Å². The molecule has 0 aliphatic rings. The summed E-state index contributed by atoms with van der Waals surface area (Å²) >= 11 is 1.61. The third-order valence-electron chi connectivity index (χ3n) is 3.70. The molecule has 4 aromatic rings. The Hall–Kier alpha value is -3.06.